The molecule has 3 aromatic rings. The lowest BCUT2D eigenvalue weighted by atomic mass is 9.91. The highest BCUT2D eigenvalue weighted by atomic mass is 16.6. The highest BCUT2D eigenvalue weighted by Gasteiger charge is 2.26. The molecule has 0 aromatic heterocycles. The van der Waals surface area contributed by atoms with Crippen molar-refractivity contribution >= 4 is 18.0 Å². The van der Waals surface area contributed by atoms with Gasteiger partial charge in [0, 0.05) is 0 Å². The van der Waals surface area contributed by atoms with Gasteiger partial charge in [-0.3, -0.25) is 4.79 Å². The van der Waals surface area contributed by atoms with Gasteiger partial charge in [0.1, 0.15) is 17.6 Å². The maximum atomic E-state index is 13.3. The van der Waals surface area contributed by atoms with Gasteiger partial charge < -0.3 is 14.2 Å². The van der Waals surface area contributed by atoms with Crippen LogP contribution in [0.3, 0.4) is 0 Å². The van der Waals surface area contributed by atoms with Crippen LogP contribution in [-0.4, -0.2) is 25.2 Å². The Morgan fingerprint density at radius 3 is 2.03 bits per heavy atom. The lowest BCUT2D eigenvalue weighted by Crippen LogP contribution is -2.20. The number of benzene rings is 3. The highest BCUT2D eigenvalue weighted by Crippen LogP contribution is 2.33. The zero-order chi connectivity index (χ0) is 24.3. The average molecular weight is 456 g/mol. The number of carbonyl (C=O) groups excluding carboxylic acids is 2. The fraction of sp³-hybridized carbons (Fsp3) is 0.179. The van der Waals surface area contributed by atoms with Crippen molar-refractivity contribution < 1.29 is 23.8 Å². The highest BCUT2D eigenvalue weighted by molar-refractivity contribution is 5.98. The molecular weight excluding hydrogens is 430 g/mol. The van der Waals surface area contributed by atoms with Crippen LogP contribution in [0, 0.1) is 11.3 Å². The summed E-state index contributed by atoms with van der Waals surface area (Å²) in [5.74, 6) is -1.20. The topological polar surface area (TPSA) is 85.6 Å². The van der Waals surface area contributed by atoms with Crippen LogP contribution in [0.4, 0.5) is 0 Å². The van der Waals surface area contributed by atoms with Gasteiger partial charge in [-0.05, 0) is 48.7 Å². The second-order valence-electron chi connectivity index (χ2n) is 7.20. The second-order valence-corrected chi connectivity index (χ2v) is 7.20. The van der Waals surface area contributed by atoms with Gasteiger partial charge in [-0.2, -0.15) is 5.26 Å². The molecule has 0 atom stereocenters. The third-order valence-electron chi connectivity index (χ3n) is 4.91. The van der Waals surface area contributed by atoms with E-state index in [0.717, 1.165) is 11.1 Å². The van der Waals surface area contributed by atoms with Crippen LogP contribution in [0.2, 0.25) is 0 Å². The summed E-state index contributed by atoms with van der Waals surface area (Å²) < 4.78 is 16.4. The fourth-order valence-electron chi connectivity index (χ4n) is 3.40. The van der Waals surface area contributed by atoms with E-state index in [1.165, 1.54) is 6.08 Å². The smallest absolute Gasteiger partial charge is 0.348 e. The molecule has 172 valence electrons. The first-order valence-corrected chi connectivity index (χ1v) is 10.9. The van der Waals surface area contributed by atoms with Gasteiger partial charge in [0.2, 0.25) is 0 Å². The first-order valence-electron chi connectivity index (χ1n) is 10.9. The van der Waals surface area contributed by atoms with Crippen LogP contribution < -0.4 is 9.47 Å². The lowest BCUT2D eigenvalue weighted by molar-refractivity contribution is -0.138. The summed E-state index contributed by atoms with van der Waals surface area (Å²) in [6, 6.07) is 25.5. The largest absolute Gasteiger partial charge is 0.490 e. The molecule has 0 fully saturated rings. The molecule has 0 bridgehead atoms. The molecule has 0 aliphatic rings. The minimum atomic E-state index is -0.702. The molecule has 0 saturated carbocycles. The second kappa shape index (κ2) is 12.0. The van der Waals surface area contributed by atoms with Crippen LogP contribution >= 0.6 is 0 Å². The third kappa shape index (κ3) is 6.11. The van der Waals surface area contributed by atoms with Crippen molar-refractivity contribution in [1.29, 1.82) is 5.26 Å². The van der Waals surface area contributed by atoms with Crippen LogP contribution in [0.5, 0.6) is 11.5 Å². The number of nitriles is 1. The predicted molar refractivity (Wildman–Crippen MR) is 128 cm³/mol. The van der Waals surface area contributed by atoms with Crippen molar-refractivity contribution in [3.63, 3.8) is 0 Å². The molecule has 3 aromatic carbocycles. The number of nitrogens with zero attached hydrogens (tertiary/aromatic N) is 1. The van der Waals surface area contributed by atoms with Crippen molar-refractivity contribution in [2.45, 2.75) is 19.8 Å². The number of rotatable bonds is 9. The standard InChI is InChI=1S/C28H25NO5/c1-3-32-25-18-20(17-23(19-29)27(30)33-4-2)15-16-24(25)34-28(31)26(21-11-7-5-8-12-21)22-13-9-6-10-14-22/h5-18,26H,3-4H2,1-2H3. The molecule has 6 heteroatoms. The van der Waals surface area contributed by atoms with Gasteiger partial charge in [-0.25, -0.2) is 4.79 Å². The molecule has 6 nitrogen and oxygen atoms in total. The van der Waals surface area contributed by atoms with Crippen LogP contribution in [-0.2, 0) is 14.3 Å². The van der Waals surface area contributed by atoms with Gasteiger partial charge in [-0.15, -0.1) is 0 Å². The SMILES string of the molecule is CCOC(=O)C(C#N)=Cc1ccc(OC(=O)C(c2ccccc2)c2ccccc2)c(OCC)c1. The Hall–Kier alpha value is -4.37. The molecule has 34 heavy (non-hydrogen) atoms. The van der Waals surface area contributed by atoms with Crippen molar-refractivity contribution in [3.05, 3.63) is 101 Å². The molecule has 3 rings (SSSR count). The van der Waals surface area contributed by atoms with Crippen LogP contribution in [0.15, 0.2) is 84.4 Å². The lowest BCUT2D eigenvalue weighted by Gasteiger charge is -2.18. The molecule has 0 N–H and O–H groups in total. The molecular formula is C28H25NO5. The first-order chi connectivity index (χ1) is 16.6. The molecule has 0 aliphatic heterocycles. The molecule has 0 radical (unpaired) electrons. The summed E-state index contributed by atoms with van der Waals surface area (Å²) in [6.45, 7) is 3.98. The maximum absolute atomic E-state index is 13.3. The van der Waals surface area contributed by atoms with Gasteiger partial charge in [0.05, 0.1) is 13.2 Å². The first kappa shape index (κ1) is 24.3. The van der Waals surface area contributed by atoms with E-state index in [2.05, 4.69) is 0 Å². The molecule has 0 spiro atoms. The zero-order valence-corrected chi connectivity index (χ0v) is 19.1. The number of esters is 2. The Morgan fingerprint density at radius 1 is 0.882 bits per heavy atom. The third-order valence-corrected chi connectivity index (χ3v) is 4.91. The Balaban J connectivity index is 1.93. The van der Waals surface area contributed by atoms with Crippen molar-refractivity contribution in [1.82, 2.24) is 0 Å². The fourth-order valence-corrected chi connectivity index (χ4v) is 3.40. The predicted octanol–water partition coefficient (Wildman–Crippen LogP) is 5.29. The number of carbonyl (C=O) groups is 2. The van der Waals surface area contributed by atoms with Crippen molar-refractivity contribution in [2.24, 2.45) is 0 Å². The van der Waals surface area contributed by atoms with Gasteiger partial charge in [-0.1, -0.05) is 66.7 Å². The van der Waals surface area contributed by atoms with E-state index in [4.69, 9.17) is 14.2 Å². The molecule has 0 amide bonds. The van der Waals surface area contributed by atoms with E-state index >= 15 is 0 Å². The summed E-state index contributed by atoms with van der Waals surface area (Å²) >= 11 is 0. The Kier molecular flexibility index (Phi) is 8.59. The van der Waals surface area contributed by atoms with Crippen molar-refractivity contribution in [3.8, 4) is 17.6 Å². The van der Waals surface area contributed by atoms with Crippen molar-refractivity contribution in [2.75, 3.05) is 13.2 Å². The van der Waals surface area contributed by atoms with E-state index in [1.807, 2.05) is 73.7 Å². The Morgan fingerprint density at radius 2 is 1.50 bits per heavy atom. The van der Waals surface area contributed by atoms with E-state index in [1.54, 1.807) is 25.1 Å². The minimum Gasteiger partial charge on any atom is -0.490 e. The number of hydrogen-bond acceptors (Lipinski definition) is 6. The summed E-state index contributed by atoms with van der Waals surface area (Å²) in [4.78, 5) is 25.3. The van der Waals surface area contributed by atoms with Gasteiger partial charge in [0.15, 0.2) is 11.5 Å². The van der Waals surface area contributed by atoms with E-state index in [0.29, 0.717) is 17.9 Å². The maximum Gasteiger partial charge on any atom is 0.348 e. The number of hydrogen-bond donors (Lipinski definition) is 0. The quantitative estimate of drug-likeness (QED) is 0.189. The zero-order valence-electron chi connectivity index (χ0n) is 19.1. The normalized spacial score (nSPS) is 10.9. The van der Waals surface area contributed by atoms with Gasteiger partial charge >= 0.3 is 11.9 Å². The van der Waals surface area contributed by atoms with E-state index in [-0.39, 0.29) is 17.9 Å². The average Bonchev–Trinajstić information content (AvgIpc) is 2.86. The van der Waals surface area contributed by atoms with Gasteiger partial charge in [0.25, 0.3) is 0 Å². The van der Waals surface area contributed by atoms with E-state index in [9.17, 15) is 14.9 Å². The minimum absolute atomic E-state index is 0.137. The van der Waals surface area contributed by atoms with Crippen LogP contribution in [0.25, 0.3) is 6.08 Å². The summed E-state index contributed by atoms with van der Waals surface area (Å²) in [7, 11) is 0. The molecule has 0 unspecified atom stereocenters. The van der Waals surface area contributed by atoms with E-state index < -0.39 is 17.9 Å². The molecule has 0 saturated heterocycles. The molecule has 0 aliphatic carbocycles. The monoisotopic (exact) mass is 455 g/mol. The summed E-state index contributed by atoms with van der Waals surface area (Å²) in [6.07, 6.45) is 1.41. The number of ether oxygens (including phenoxy) is 3. The van der Waals surface area contributed by atoms with Crippen LogP contribution in [0.1, 0.15) is 36.5 Å². The molecule has 0 heterocycles. The Labute approximate surface area is 199 Å². The summed E-state index contributed by atoms with van der Waals surface area (Å²) in [5.41, 5.74) is 2.02. The Bertz CT molecular complexity index is 1160. The summed E-state index contributed by atoms with van der Waals surface area (Å²) in [5, 5.41) is 9.29.